The summed E-state index contributed by atoms with van der Waals surface area (Å²) in [5.74, 6) is 0. The van der Waals surface area contributed by atoms with Gasteiger partial charge in [-0.15, -0.1) is 0 Å². The van der Waals surface area contributed by atoms with Crippen LogP contribution in [0.5, 0.6) is 0 Å². The van der Waals surface area contributed by atoms with Gasteiger partial charge in [0.25, 0.3) is 6.33 Å². The summed E-state index contributed by atoms with van der Waals surface area (Å²) in [6.45, 7) is 3.05. The molecular formula is C12H15F3N4O4S2. The molecule has 2 aromatic rings. The van der Waals surface area contributed by atoms with Crippen molar-refractivity contribution in [2.24, 2.45) is 0 Å². The predicted octanol–water partition coefficient (Wildman–Crippen LogP) is 1.35. The van der Waals surface area contributed by atoms with Crippen molar-refractivity contribution < 1.29 is 34.6 Å². The number of benzene rings is 1. The van der Waals surface area contributed by atoms with E-state index in [4.69, 9.17) is 0 Å². The highest BCUT2D eigenvalue weighted by Crippen LogP contribution is 2.29. The molecule has 0 bridgehead atoms. The van der Waals surface area contributed by atoms with Gasteiger partial charge in [0.05, 0.1) is 16.6 Å². The maximum atomic E-state index is 11.4. The second-order valence-electron chi connectivity index (χ2n) is 4.59. The molecule has 8 nitrogen and oxygen atoms in total. The number of rotatable bonds is 4. The van der Waals surface area contributed by atoms with Crippen LogP contribution in [0.15, 0.2) is 43.0 Å². The molecule has 0 atom stereocenters. The third-order valence-electron chi connectivity index (χ3n) is 2.49. The van der Waals surface area contributed by atoms with Crippen molar-refractivity contribution in [1.29, 1.82) is 0 Å². The molecule has 0 amide bonds. The molecule has 0 aliphatic rings. The Kier molecular flexibility index (Phi) is 6.68. The first kappa shape index (κ1) is 21.1. The van der Waals surface area contributed by atoms with Crippen LogP contribution in [0.1, 0.15) is 6.92 Å². The lowest BCUT2D eigenvalue weighted by Crippen LogP contribution is -2.28. The summed E-state index contributed by atoms with van der Waals surface area (Å²) in [4.78, 5) is 0. The van der Waals surface area contributed by atoms with Crippen LogP contribution in [-0.2, 0) is 26.6 Å². The SMILES string of the molecule is CC[n+]1cnn(-c2ccccc2)c1.CS(=O)(=O)[N-]S(=O)(=O)C(F)(F)F. The molecule has 0 spiro atoms. The van der Waals surface area contributed by atoms with Gasteiger partial charge >= 0.3 is 5.51 Å². The van der Waals surface area contributed by atoms with Crippen molar-refractivity contribution in [2.45, 2.75) is 19.0 Å². The van der Waals surface area contributed by atoms with Crippen molar-refractivity contribution in [3.8, 4) is 5.69 Å². The average molecular weight is 400 g/mol. The Morgan fingerprint density at radius 1 is 1.16 bits per heavy atom. The van der Waals surface area contributed by atoms with Crippen LogP contribution in [0.3, 0.4) is 0 Å². The maximum absolute atomic E-state index is 11.4. The van der Waals surface area contributed by atoms with Crippen LogP contribution >= 0.6 is 0 Å². The Morgan fingerprint density at radius 2 is 1.72 bits per heavy atom. The number of alkyl halides is 3. The highest BCUT2D eigenvalue weighted by atomic mass is 32.3. The van der Waals surface area contributed by atoms with Gasteiger partial charge in [0.2, 0.25) is 6.33 Å². The highest BCUT2D eigenvalue weighted by Gasteiger charge is 2.39. The Morgan fingerprint density at radius 3 is 2.08 bits per heavy atom. The molecule has 13 heteroatoms. The summed E-state index contributed by atoms with van der Waals surface area (Å²) in [6, 6.07) is 10.1. The fourth-order valence-corrected chi connectivity index (χ4v) is 3.18. The second kappa shape index (κ2) is 7.93. The summed E-state index contributed by atoms with van der Waals surface area (Å²) in [6.07, 6.45) is 4.05. The number of para-hydroxylation sites is 1. The fourth-order valence-electron chi connectivity index (χ4n) is 1.42. The van der Waals surface area contributed by atoms with E-state index < -0.39 is 25.6 Å². The number of halogens is 3. The van der Waals surface area contributed by atoms with Crippen molar-refractivity contribution in [1.82, 2.24) is 9.78 Å². The molecule has 0 aliphatic carbocycles. The zero-order chi connectivity index (χ0) is 19.3. The molecular weight excluding hydrogens is 385 g/mol. The Hall–Kier alpha value is -1.99. The molecule has 1 heterocycles. The minimum absolute atomic E-state index is 0.246. The van der Waals surface area contributed by atoms with Gasteiger partial charge < -0.3 is 4.13 Å². The number of aromatic nitrogens is 3. The van der Waals surface area contributed by atoms with Gasteiger partial charge in [-0.2, -0.15) is 13.2 Å². The van der Waals surface area contributed by atoms with Gasteiger partial charge in [-0.1, -0.05) is 22.9 Å². The zero-order valence-corrected chi connectivity index (χ0v) is 14.8. The number of aryl methyl sites for hydroxylation is 1. The van der Waals surface area contributed by atoms with E-state index >= 15 is 0 Å². The first-order chi connectivity index (χ1) is 11.4. The molecule has 0 saturated heterocycles. The molecule has 2 rings (SSSR count). The van der Waals surface area contributed by atoms with Crippen LogP contribution < -0.4 is 4.57 Å². The summed E-state index contributed by atoms with van der Waals surface area (Å²) in [5.41, 5.74) is -4.58. The lowest BCUT2D eigenvalue weighted by Gasteiger charge is -2.19. The highest BCUT2D eigenvalue weighted by molar-refractivity contribution is 8.12. The van der Waals surface area contributed by atoms with Gasteiger partial charge in [0.15, 0.2) is 10.0 Å². The number of hydrogen-bond donors (Lipinski definition) is 0. The number of sulfonamides is 2. The van der Waals surface area contributed by atoms with Crippen LogP contribution in [-0.4, -0.2) is 38.4 Å². The summed E-state index contributed by atoms with van der Waals surface area (Å²) < 4.78 is 79.9. The number of nitrogens with zero attached hydrogens (tertiary/aromatic N) is 4. The number of hydrogen-bond acceptors (Lipinski definition) is 5. The van der Waals surface area contributed by atoms with Gasteiger partial charge in [-0.05, 0) is 19.1 Å². The van der Waals surface area contributed by atoms with Gasteiger partial charge in [0, 0.05) is 11.4 Å². The standard InChI is InChI=1S/C10H12N3.C2H3F3NO4S2/c1-2-12-8-11-13(9-12)10-6-4-3-5-7-10;1-11(7,8)6-12(9,10)2(3,4)5/h3-9H,2H2,1H3;1H3/q+1;-1. The lowest BCUT2D eigenvalue weighted by molar-refractivity contribution is -0.694. The summed E-state index contributed by atoms with van der Waals surface area (Å²) in [5, 5.41) is 4.24. The first-order valence-electron chi connectivity index (χ1n) is 6.60. The van der Waals surface area contributed by atoms with Crippen molar-refractivity contribution in [3.05, 3.63) is 47.1 Å². The minimum atomic E-state index is -5.92. The van der Waals surface area contributed by atoms with Crippen LogP contribution in [0.4, 0.5) is 13.2 Å². The minimum Gasteiger partial charge on any atom is -0.429 e. The average Bonchev–Trinajstić information content (AvgIpc) is 2.94. The molecule has 0 saturated carbocycles. The molecule has 0 N–H and O–H groups in total. The van der Waals surface area contributed by atoms with E-state index in [9.17, 15) is 30.0 Å². The largest absolute Gasteiger partial charge is 0.480 e. The monoisotopic (exact) mass is 400 g/mol. The fraction of sp³-hybridized carbons (Fsp3) is 0.333. The molecule has 1 aromatic carbocycles. The molecule has 25 heavy (non-hydrogen) atoms. The normalized spacial score (nSPS) is 12.4. The van der Waals surface area contributed by atoms with Crippen molar-refractivity contribution in [3.63, 3.8) is 0 Å². The van der Waals surface area contributed by atoms with E-state index in [1.165, 1.54) is 0 Å². The Labute approximate surface area is 143 Å². The van der Waals surface area contributed by atoms with Crippen molar-refractivity contribution >= 4 is 20.0 Å². The third kappa shape index (κ3) is 6.80. The van der Waals surface area contributed by atoms with E-state index in [2.05, 4.69) is 12.0 Å². The molecule has 0 fully saturated rings. The smallest absolute Gasteiger partial charge is 0.429 e. The maximum Gasteiger partial charge on any atom is 0.480 e. The molecule has 140 valence electrons. The topological polar surface area (TPSA) is 104 Å². The van der Waals surface area contributed by atoms with Crippen LogP contribution in [0.25, 0.3) is 9.81 Å². The van der Waals surface area contributed by atoms with Gasteiger partial charge in [0.1, 0.15) is 5.69 Å². The third-order valence-corrected chi connectivity index (χ3v) is 4.95. The van der Waals surface area contributed by atoms with E-state index in [0.717, 1.165) is 12.2 Å². The molecule has 0 aliphatic heterocycles. The van der Waals surface area contributed by atoms with Crippen molar-refractivity contribution in [2.75, 3.05) is 6.26 Å². The van der Waals surface area contributed by atoms with Gasteiger partial charge in [-0.3, -0.25) is 0 Å². The predicted molar refractivity (Wildman–Crippen MR) is 82.6 cm³/mol. The Bertz CT molecular complexity index is 894. The summed E-state index contributed by atoms with van der Waals surface area (Å²) in [7, 11) is -10.5. The second-order valence-corrected chi connectivity index (χ2v) is 8.06. The molecule has 0 unspecified atom stereocenters. The van der Waals surface area contributed by atoms with E-state index in [1.807, 2.05) is 52.2 Å². The quantitative estimate of drug-likeness (QED) is 0.721. The van der Waals surface area contributed by atoms with E-state index in [1.54, 1.807) is 4.13 Å². The Balaban J connectivity index is 0.000000252. The van der Waals surface area contributed by atoms with Crippen LogP contribution in [0, 0.1) is 0 Å². The molecule has 0 radical (unpaired) electrons. The zero-order valence-electron chi connectivity index (χ0n) is 13.1. The van der Waals surface area contributed by atoms with Crippen LogP contribution in [0.2, 0.25) is 0 Å². The molecule has 1 aromatic heterocycles. The summed E-state index contributed by atoms with van der Waals surface area (Å²) >= 11 is 0. The van der Waals surface area contributed by atoms with E-state index in [0.29, 0.717) is 0 Å². The lowest BCUT2D eigenvalue weighted by atomic mass is 10.3. The van der Waals surface area contributed by atoms with E-state index in [-0.39, 0.29) is 6.26 Å². The first-order valence-corrected chi connectivity index (χ1v) is 9.89. The van der Waals surface area contributed by atoms with Gasteiger partial charge in [-0.25, -0.2) is 21.4 Å².